The molecule has 2 aromatic carbocycles. The van der Waals surface area contributed by atoms with E-state index in [0.717, 1.165) is 11.1 Å². The first kappa shape index (κ1) is 39.5. The molecule has 8 nitrogen and oxygen atoms in total. The van der Waals surface area contributed by atoms with Crippen molar-refractivity contribution in [2.24, 2.45) is 17.8 Å². The first-order chi connectivity index (χ1) is 23.9. The molecule has 10 atom stereocenters. The van der Waals surface area contributed by atoms with E-state index in [9.17, 15) is 0 Å². The molecule has 3 fully saturated rings. The third-order valence-electron chi connectivity index (χ3n) is 11.9. The number of benzene rings is 2. The Labute approximate surface area is 302 Å². The van der Waals surface area contributed by atoms with Crippen LogP contribution in [-0.2, 0) is 50.8 Å². The van der Waals surface area contributed by atoms with Gasteiger partial charge in [0, 0.05) is 25.4 Å². The lowest BCUT2D eigenvalue weighted by Gasteiger charge is -2.51. The number of ether oxygens (including phenoxy) is 7. The van der Waals surface area contributed by atoms with Gasteiger partial charge >= 0.3 is 0 Å². The molecular formula is C41H64O8Si. The summed E-state index contributed by atoms with van der Waals surface area (Å²) in [6.07, 6.45) is -1.00. The van der Waals surface area contributed by atoms with Crippen LogP contribution in [0.3, 0.4) is 0 Å². The quantitative estimate of drug-likeness (QED) is 0.103. The molecular weight excluding hydrogens is 649 g/mol. The van der Waals surface area contributed by atoms with E-state index >= 15 is 0 Å². The summed E-state index contributed by atoms with van der Waals surface area (Å²) in [6, 6.07) is 20.7. The van der Waals surface area contributed by atoms with Gasteiger partial charge in [-0.2, -0.15) is 0 Å². The first-order valence-corrected chi connectivity index (χ1v) is 21.1. The minimum Gasteiger partial charge on any atom is -0.410 e. The van der Waals surface area contributed by atoms with Gasteiger partial charge in [0.25, 0.3) is 0 Å². The molecule has 280 valence electrons. The van der Waals surface area contributed by atoms with Gasteiger partial charge < -0.3 is 37.6 Å². The van der Waals surface area contributed by atoms with Crippen LogP contribution in [0, 0.1) is 17.8 Å². The second-order valence-electron chi connectivity index (χ2n) is 15.9. The maximum absolute atomic E-state index is 7.66. The van der Waals surface area contributed by atoms with Crippen molar-refractivity contribution in [3.8, 4) is 0 Å². The molecule has 0 unspecified atom stereocenters. The van der Waals surface area contributed by atoms with E-state index in [2.05, 4.69) is 98.7 Å². The first-order valence-electron chi connectivity index (χ1n) is 19.0. The van der Waals surface area contributed by atoms with Crippen LogP contribution in [0.2, 0.25) is 16.6 Å². The van der Waals surface area contributed by atoms with Gasteiger partial charge in [-0.3, -0.25) is 0 Å². The molecule has 0 N–H and O–H groups in total. The molecule has 3 heterocycles. The van der Waals surface area contributed by atoms with Crippen molar-refractivity contribution < 1.29 is 37.6 Å². The standard InChI is InChI=1S/C41H64O8Si/c1-27(2)50(28(3)4,29(5)6)49-37-31(8)38(45-23-34-19-15-12-16-20-34)40-39(47-36(37)25-43-26-42-10)30(7)32(9)41(48-40)21-35(24-46-41)44-22-33-17-13-11-14-18-33/h11-20,27-32,35-40H,21-26H2,1-10H3/t30-,31+,32-,35-,36-,37+,38-,39+,40-,41+/m0/s1. The van der Waals surface area contributed by atoms with Crippen LogP contribution in [0.1, 0.15) is 79.9 Å². The molecule has 5 rings (SSSR count). The second-order valence-corrected chi connectivity index (χ2v) is 21.3. The van der Waals surface area contributed by atoms with Crippen LogP contribution in [-0.4, -0.2) is 77.8 Å². The molecule has 3 aliphatic rings. The van der Waals surface area contributed by atoms with E-state index in [0.29, 0.717) is 49.5 Å². The van der Waals surface area contributed by atoms with E-state index in [1.807, 2.05) is 24.3 Å². The van der Waals surface area contributed by atoms with E-state index in [1.54, 1.807) is 7.11 Å². The normalized spacial score (nSPS) is 33.3. The van der Waals surface area contributed by atoms with Gasteiger partial charge in [0.2, 0.25) is 8.32 Å². The lowest BCUT2D eigenvalue weighted by Crippen LogP contribution is -2.61. The third-order valence-corrected chi connectivity index (χ3v) is 18.0. The van der Waals surface area contributed by atoms with Crippen molar-refractivity contribution in [3.05, 3.63) is 71.8 Å². The van der Waals surface area contributed by atoms with Crippen molar-refractivity contribution in [3.63, 3.8) is 0 Å². The van der Waals surface area contributed by atoms with Crippen LogP contribution in [0.15, 0.2) is 60.7 Å². The van der Waals surface area contributed by atoms with Crippen molar-refractivity contribution in [2.45, 2.75) is 141 Å². The zero-order chi connectivity index (χ0) is 36.1. The predicted octanol–water partition coefficient (Wildman–Crippen LogP) is 8.53. The summed E-state index contributed by atoms with van der Waals surface area (Å²) in [4.78, 5) is 0. The average molecular weight is 713 g/mol. The molecule has 0 aliphatic carbocycles. The van der Waals surface area contributed by atoms with Gasteiger partial charge in [0.1, 0.15) is 19.0 Å². The second kappa shape index (κ2) is 17.4. The molecule has 3 saturated heterocycles. The average Bonchev–Trinajstić information content (AvgIpc) is 3.47. The molecule has 0 saturated carbocycles. The summed E-state index contributed by atoms with van der Waals surface area (Å²) in [5.74, 6) is -0.735. The summed E-state index contributed by atoms with van der Waals surface area (Å²) >= 11 is 0. The molecule has 0 radical (unpaired) electrons. The number of methoxy groups -OCH3 is 1. The SMILES string of the molecule is COCOC[C@@H]1O[C@@H]2[C@@H](C)[C@H](C)[C@@]3(C[C@H](OCc4ccccc4)CO3)O[C@H]2[C@@H](OCc2ccccc2)[C@H](C)[C@H]1O[Si](C(C)C)(C(C)C)C(C)C. The molecule has 1 spiro atoms. The van der Waals surface area contributed by atoms with Crippen molar-refractivity contribution in [1.29, 1.82) is 0 Å². The lowest BCUT2D eigenvalue weighted by atomic mass is 9.76. The molecule has 0 bridgehead atoms. The highest BCUT2D eigenvalue weighted by Gasteiger charge is 2.61. The van der Waals surface area contributed by atoms with E-state index in [1.165, 1.54) is 0 Å². The summed E-state index contributed by atoms with van der Waals surface area (Å²) < 4.78 is 53.8. The Morgan fingerprint density at radius 2 is 1.34 bits per heavy atom. The van der Waals surface area contributed by atoms with Crippen LogP contribution in [0.5, 0.6) is 0 Å². The Balaban J connectivity index is 1.50. The Kier molecular flexibility index (Phi) is 13.8. The van der Waals surface area contributed by atoms with Crippen molar-refractivity contribution in [1.82, 2.24) is 0 Å². The fourth-order valence-electron chi connectivity index (χ4n) is 9.13. The molecule has 50 heavy (non-hydrogen) atoms. The van der Waals surface area contributed by atoms with E-state index in [-0.39, 0.29) is 61.2 Å². The van der Waals surface area contributed by atoms with Gasteiger partial charge in [-0.1, -0.05) is 123 Å². The topological polar surface area (TPSA) is 73.8 Å². The highest BCUT2D eigenvalue weighted by molar-refractivity contribution is 6.77. The maximum atomic E-state index is 7.66. The van der Waals surface area contributed by atoms with Gasteiger partial charge in [-0.15, -0.1) is 0 Å². The highest BCUT2D eigenvalue weighted by Crippen LogP contribution is 2.51. The highest BCUT2D eigenvalue weighted by atomic mass is 28.4. The monoisotopic (exact) mass is 712 g/mol. The Hall–Kier alpha value is -1.66. The Morgan fingerprint density at radius 3 is 1.90 bits per heavy atom. The summed E-state index contributed by atoms with van der Waals surface area (Å²) in [5.41, 5.74) is 3.48. The number of rotatable bonds is 15. The molecule has 3 aliphatic heterocycles. The van der Waals surface area contributed by atoms with Gasteiger partial charge in [0.05, 0.1) is 50.8 Å². The fourth-order valence-corrected chi connectivity index (χ4v) is 14.8. The van der Waals surface area contributed by atoms with Gasteiger partial charge in [-0.05, 0) is 33.7 Å². The lowest BCUT2D eigenvalue weighted by molar-refractivity contribution is -0.341. The molecule has 0 aromatic heterocycles. The summed E-state index contributed by atoms with van der Waals surface area (Å²) in [7, 11) is -0.695. The van der Waals surface area contributed by atoms with E-state index < -0.39 is 14.1 Å². The zero-order valence-corrected chi connectivity index (χ0v) is 33.2. The summed E-state index contributed by atoms with van der Waals surface area (Å²) in [5, 5.41) is 0. The van der Waals surface area contributed by atoms with Gasteiger partial charge in [-0.25, -0.2) is 0 Å². The Morgan fingerprint density at radius 1 is 0.760 bits per heavy atom. The number of fused-ring (bicyclic) bond motifs is 1. The largest absolute Gasteiger partial charge is 0.410 e. The van der Waals surface area contributed by atoms with E-state index in [4.69, 9.17) is 37.6 Å². The number of hydrogen-bond donors (Lipinski definition) is 0. The van der Waals surface area contributed by atoms with Crippen molar-refractivity contribution in [2.75, 3.05) is 27.1 Å². The smallest absolute Gasteiger partial charge is 0.200 e. The molecule has 0 amide bonds. The summed E-state index contributed by atoms with van der Waals surface area (Å²) in [6.45, 7) is 22.8. The van der Waals surface area contributed by atoms with Crippen LogP contribution >= 0.6 is 0 Å². The van der Waals surface area contributed by atoms with Crippen LogP contribution in [0.4, 0.5) is 0 Å². The minimum atomic E-state index is -2.35. The molecule has 2 aromatic rings. The van der Waals surface area contributed by atoms with Crippen LogP contribution in [0.25, 0.3) is 0 Å². The zero-order valence-electron chi connectivity index (χ0n) is 32.2. The third kappa shape index (κ3) is 8.42. The maximum Gasteiger partial charge on any atom is 0.200 e. The van der Waals surface area contributed by atoms with Crippen molar-refractivity contribution >= 4 is 8.32 Å². The van der Waals surface area contributed by atoms with Crippen LogP contribution < -0.4 is 0 Å². The number of hydrogen-bond acceptors (Lipinski definition) is 8. The Bertz CT molecular complexity index is 1270. The fraction of sp³-hybridized carbons (Fsp3) is 0.707. The van der Waals surface area contributed by atoms with Gasteiger partial charge in [0.15, 0.2) is 5.79 Å². The predicted molar refractivity (Wildman–Crippen MR) is 198 cm³/mol. The minimum absolute atomic E-state index is 0.0487. The molecule has 9 heteroatoms.